The summed E-state index contributed by atoms with van der Waals surface area (Å²) in [5.74, 6) is 0.477. The molecular weight excluding hydrogens is 480 g/mol. The number of anilines is 2. The summed E-state index contributed by atoms with van der Waals surface area (Å²) in [6.07, 6.45) is 3.61. The number of amides is 1. The van der Waals surface area contributed by atoms with E-state index in [1.165, 1.54) is 0 Å². The van der Waals surface area contributed by atoms with E-state index in [1.54, 1.807) is 31.1 Å². The Morgan fingerprint density at radius 1 is 1.11 bits per heavy atom. The number of H-pyrrole nitrogens is 1. The molecule has 1 fully saturated rings. The Morgan fingerprint density at radius 2 is 1.89 bits per heavy atom. The predicted octanol–water partition coefficient (Wildman–Crippen LogP) is 3.37. The van der Waals surface area contributed by atoms with E-state index in [4.69, 9.17) is 9.73 Å². The van der Waals surface area contributed by atoms with Gasteiger partial charge < -0.3 is 19.9 Å². The van der Waals surface area contributed by atoms with Gasteiger partial charge >= 0.3 is 0 Å². The minimum Gasteiger partial charge on any atom is -0.494 e. The molecular formula is C28H34N8O2. The second-order valence-electron chi connectivity index (χ2n) is 9.50. The monoisotopic (exact) mass is 514 g/mol. The van der Waals surface area contributed by atoms with Gasteiger partial charge in [-0.2, -0.15) is 0 Å². The third-order valence-corrected chi connectivity index (χ3v) is 6.92. The fraction of sp³-hybridized carbons (Fsp3) is 0.321. The highest BCUT2D eigenvalue weighted by Gasteiger charge is 2.20. The SMILES string of the molecule is CNC(=O)c1ccccc1Nn1c(=Nc2ccc(N3CCN(C(C)C)CC3)cc2OC)ncc2cc[nH]c21. The molecule has 2 aromatic carbocycles. The van der Waals surface area contributed by atoms with Gasteiger partial charge in [-0.25, -0.2) is 14.7 Å². The summed E-state index contributed by atoms with van der Waals surface area (Å²) in [7, 11) is 3.27. The van der Waals surface area contributed by atoms with Crippen LogP contribution in [-0.2, 0) is 0 Å². The molecule has 3 heterocycles. The van der Waals surface area contributed by atoms with Crippen molar-refractivity contribution in [3.63, 3.8) is 0 Å². The van der Waals surface area contributed by atoms with Crippen LogP contribution in [0.3, 0.4) is 0 Å². The van der Waals surface area contributed by atoms with Crippen LogP contribution < -0.4 is 26.0 Å². The lowest BCUT2D eigenvalue weighted by atomic mass is 10.1. The first-order chi connectivity index (χ1) is 18.5. The van der Waals surface area contributed by atoms with Crippen molar-refractivity contribution in [3.8, 4) is 5.75 Å². The summed E-state index contributed by atoms with van der Waals surface area (Å²) in [5, 5.41) is 3.59. The van der Waals surface area contributed by atoms with Gasteiger partial charge in [-0.3, -0.25) is 15.1 Å². The van der Waals surface area contributed by atoms with Gasteiger partial charge in [0.1, 0.15) is 17.1 Å². The standard InChI is InChI=1S/C28H34N8O2/c1-19(2)34-13-15-35(16-14-34)21-9-10-24(25(17-21)38-4)32-28-31-18-20-11-12-30-26(20)36(28)33-23-8-6-5-7-22(23)27(37)29-3/h5-12,17-19,30,33H,13-16H2,1-4H3,(H,29,37). The first-order valence-corrected chi connectivity index (χ1v) is 12.8. The Morgan fingerprint density at radius 3 is 2.63 bits per heavy atom. The zero-order chi connectivity index (χ0) is 26.6. The highest BCUT2D eigenvalue weighted by molar-refractivity contribution is 5.99. The Hall–Kier alpha value is -4.31. The summed E-state index contributed by atoms with van der Waals surface area (Å²) in [5.41, 5.74) is 7.41. The van der Waals surface area contributed by atoms with Crippen molar-refractivity contribution in [2.75, 3.05) is 50.7 Å². The Kier molecular flexibility index (Phi) is 7.32. The van der Waals surface area contributed by atoms with E-state index in [1.807, 2.05) is 42.6 Å². The molecule has 0 unspecified atom stereocenters. The summed E-state index contributed by atoms with van der Waals surface area (Å²) >= 11 is 0. The molecule has 4 aromatic rings. The number of nitrogens with one attached hydrogen (secondary N) is 3. The molecule has 10 heteroatoms. The minimum absolute atomic E-state index is 0.190. The molecule has 1 aliphatic rings. The number of hydrogen-bond donors (Lipinski definition) is 3. The second-order valence-corrected chi connectivity index (χ2v) is 9.50. The Labute approximate surface area is 221 Å². The molecule has 0 atom stereocenters. The van der Waals surface area contributed by atoms with Gasteiger partial charge in [-0.05, 0) is 44.2 Å². The van der Waals surface area contributed by atoms with Crippen LogP contribution in [0.5, 0.6) is 5.75 Å². The van der Waals surface area contributed by atoms with Crippen LogP contribution in [0.1, 0.15) is 24.2 Å². The quantitative estimate of drug-likeness (QED) is 0.350. The van der Waals surface area contributed by atoms with Crippen LogP contribution in [-0.4, -0.2) is 71.8 Å². The van der Waals surface area contributed by atoms with E-state index < -0.39 is 0 Å². The van der Waals surface area contributed by atoms with E-state index in [-0.39, 0.29) is 5.91 Å². The summed E-state index contributed by atoms with van der Waals surface area (Å²) < 4.78 is 7.50. The molecule has 1 amide bonds. The summed E-state index contributed by atoms with van der Waals surface area (Å²) in [6.45, 7) is 8.50. The molecule has 0 saturated carbocycles. The molecule has 0 radical (unpaired) electrons. The number of para-hydroxylation sites is 1. The summed E-state index contributed by atoms with van der Waals surface area (Å²) in [4.78, 5) is 30.1. The van der Waals surface area contributed by atoms with Crippen LogP contribution in [0.25, 0.3) is 11.0 Å². The molecule has 198 valence electrons. The second kappa shape index (κ2) is 11.0. The van der Waals surface area contributed by atoms with Gasteiger partial charge in [0.2, 0.25) is 0 Å². The molecule has 5 rings (SSSR count). The number of piperazine rings is 1. The van der Waals surface area contributed by atoms with Crippen molar-refractivity contribution in [2.24, 2.45) is 4.99 Å². The number of aromatic nitrogens is 3. The van der Waals surface area contributed by atoms with Crippen molar-refractivity contribution in [2.45, 2.75) is 19.9 Å². The van der Waals surface area contributed by atoms with Crippen LogP contribution in [0.4, 0.5) is 17.1 Å². The predicted molar refractivity (Wildman–Crippen MR) is 150 cm³/mol. The van der Waals surface area contributed by atoms with Gasteiger partial charge in [0.15, 0.2) is 0 Å². The van der Waals surface area contributed by atoms with Crippen LogP contribution in [0, 0.1) is 0 Å². The average Bonchev–Trinajstić information content (AvgIpc) is 3.43. The van der Waals surface area contributed by atoms with Crippen LogP contribution in [0.15, 0.2) is 65.9 Å². The first kappa shape index (κ1) is 25.3. The van der Waals surface area contributed by atoms with E-state index >= 15 is 0 Å². The number of methoxy groups -OCH3 is 1. The summed E-state index contributed by atoms with van der Waals surface area (Å²) in [6, 6.07) is 15.9. The van der Waals surface area contributed by atoms with Gasteiger partial charge in [0.05, 0.1) is 18.4 Å². The normalized spacial score (nSPS) is 14.8. The number of carbonyl (C=O) groups is 1. The lowest BCUT2D eigenvalue weighted by Crippen LogP contribution is -2.48. The number of rotatable bonds is 7. The smallest absolute Gasteiger partial charge is 0.253 e. The van der Waals surface area contributed by atoms with Crippen molar-refractivity contribution < 1.29 is 9.53 Å². The van der Waals surface area contributed by atoms with Crippen molar-refractivity contribution in [3.05, 3.63) is 72.1 Å². The first-order valence-electron chi connectivity index (χ1n) is 12.8. The minimum atomic E-state index is -0.190. The van der Waals surface area contributed by atoms with Gasteiger partial charge in [-0.1, -0.05) is 12.1 Å². The topological polar surface area (TPSA) is 103 Å². The van der Waals surface area contributed by atoms with Crippen molar-refractivity contribution in [1.29, 1.82) is 0 Å². The van der Waals surface area contributed by atoms with E-state index in [2.05, 4.69) is 50.4 Å². The van der Waals surface area contributed by atoms with E-state index in [0.29, 0.717) is 34.3 Å². The van der Waals surface area contributed by atoms with Gasteiger partial charge in [0.25, 0.3) is 11.5 Å². The number of hydrogen-bond acceptors (Lipinski definition) is 7. The zero-order valence-electron chi connectivity index (χ0n) is 22.2. The Bertz CT molecular complexity index is 1500. The third kappa shape index (κ3) is 5.08. The molecule has 0 bridgehead atoms. The molecule has 2 aromatic heterocycles. The van der Waals surface area contributed by atoms with Crippen LogP contribution >= 0.6 is 0 Å². The Balaban J connectivity index is 1.53. The number of nitrogens with zero attached hydrogens (tertiary/aromatic N) is 5. The number of aromatic amines is 1. The average molecular weight is 515 g/mol. The highest BCUT2D eigenvalue weighted by atomic mass is 16.5. The third-order valence-electron chi connectivity index (χ3n) is 6.92. The van der Waals surface area contributed by atoms with Crippen molar-refractivity contribution >= 4 is 34.0 Å². The lowest BCUT2D eigenvalue weighted by Gasteiger charge is -2.38. The maximum Gasteiger partial charge on any atom is 0.253 e. The lowest BCUT2D eigenvalue weighted by molar-refractivity contribution is 0.0964. The largest absolute Gasteiger partial charge is 0.494 e. The molecule has 38 heavy (non-hydrogen) atoms. The van der Waals surface area contributed by atoms with Gasteiger partial charge in [0, 0.05) is 68.8 Å². The molecule has 3 N–H and O–H groups in total. The van der Waals surface area contributed by atoms with E-state index in [0.717, 1.165) is 42.9 Å². The van der Waals surface area contributed by atoms with E-state index in [9.17, 15) is 4.79 Å². The molecule has 10 nitrogen and oxygen atoms in total. The number of ether oxygens (including phenoxy) is 1. The number of benzene rings is 2. The fourth-order valence-electron chi connectivity index (χ4n) is 4.73. The van der Waals surface area contributed by atoms with Crippen LogP contribution in [0.2, 0.25) is 0 Å². The number of fused-ring (bicyclic) bond motifs is 1. The number of carbonyl (C=O) groups excluding carboxylic acids is 1. The maximum absolute atomic E-state index is 12.5. The zero-order valence-corrected chi connectivity index (χ0v) is 22.2. The van der Waals surface area contributed by atoms with Gasteiger partial charge in [-0.15, -0.1) is 0 Å². The highest BCUT2D eigenvalue weighted by Crippen LogP contribution is 2.32. The van der Waals surface area contributed by atoms with Crippen molar-refractivity contribution in [1.82, 2.24) is 24.9 Å². The molecule has 1 aliphatic heterocycles. The molecule has 0 aliphatic carbocycles. The maximum atomic E-state index is 12.5. The molecule has 1 saturated heterocycles. The molecule has 0 spiro atoms. The fourth-order valence-corrected chi connectivity index (χ4v) is 4.73.